The number of rotatable bonds is 4. The molecular formula is C14H19NO4S. The third-order valence-electron chi connectivity index (χ3n) is 3.69. The van der Waals surface area contributed by atoms with Gasteiger partial charge in [-0.3, -0.25) is 4.21 Å². The highest BCUT2D eigenvalue weighted by molar-refractivity contribution is 7.85. The highest BCUT2D eigenvalue weighted by atomic mass is 32.2. The Morgan fingerprint density at radius 1 is 1.25 bits per heavy atom. The summed E-state index contributed by atoms with van der Waals surface area (Å²) in [6, 6.07) is 5.34. The van der Waals surface area contributed by atoms with Gasteiger partial charge in [-0.05, 0) is 18.6 Å². The molecule has 20 heavy (non-hydrogen) atoms. The van der Waals surface area contributed by atoms with Gasteiger partial charge in [0, 0.05) is 35.3 Å². The van der Waals surface area contributed by atoms with Gasteiger partial charge >= 0.3 is 0 Å². The van der Waals surface area contributed by atoms with Gasteiger partial charge < -0.3 is 19.9 Å². The molecule has 1 aromatic rings. The zero-order chi connectivity index (χ0) is 13.9. The smallest absolute Gasteiger partial charge is 0.162 e. The van der Waals surface area contributed by atoms with Gasteiger partial charge in [-0.1, -0.05) is 0 Å². The Bertz CT molecular complexity index is 502. The molecule has 1 saturated heterocycles. The Hall–Kier alpha value is -1.11. The minimum Gasteiger partial charge on any atom is -0.486 e. The molecule has 2 aliphatic rings. The number of nitrogens with two attached hydrogens (primary N) is 1. The third kappa shape index (κ3) is 2.97. The average molecular weight is 297 g/mol. The highest BCUT2D eigenvalue weighted by Gasteiger charge is 2.25. The fourth-order valence-corrected chi connectivity index (χ4v) is 3.74. The molecule has 0 bridgehead atoms. The van der Waals surface area contributed by atoms with Crippen molar-refractivity contribution in [2.24, 2.45) is 11.7 Å². The van der Waals surface area contributed by atoms with Crippen molar-refractivity contribution < 1.29 is 18.4 Å². The summed E-state index contributed by atoms with van der Waals surface area (Å²) in [5.74, 6) is 2.15. The lowest BCUT2D eigenvalue weighted by Gasteiger charge is -2.20. The molecule has 1 aromatic carbocycles. The monoisotopic (exact) mass is 297 g/mol. The number of fused-ring (bicyclic) bond motifs is 1. The Morgan fingerprint density at radius 3 is 2.80 bits per heavy atom. The lowest BCUT2D eigenvalue weighted by molar-refractivity contribution is 0.171. The maximum atomic E-state index is 12.4. The van der Waals surface area contributed by atoms with Crippen LogP contribution in [0.25, 0.3) is 0 Å². The van der Waals surface area contributed by atoms with Crippen LogP contribution in [0, 0.1) is 5.92 Å². The normalized spacial score (nSPS) is 24.4. The third-order valence-corrected chi connectivity index (χ3v) is 5.16. The molecule has 6 heteroatoms. The van der Waals surface area contributed by atoms with Gasteiger partial charge in [0.2, 0.25) is 0 Å². The summed E-state index contributed by atoms with van der Waals surface area (Å²) in [6.07, 6.45) is 0.958. The molecule has 0 aromatic heterocycles. The molecule has 0 amide bonds. The van der Waals surface area contributed by atoms with Gasteiger partial charge in [0.15, 0.2) is 11.5 Å². The first-order valence-electron chi connectivity index (χ1n) is 6.85. The lowest BCUT2D eigenvalue weighted by atomic mass is 10.0. The second-order valence-electron chi connectivity index (χ2n) is 5.11. The molecule has 110 valence electrons. The summed E-state index contributed by atoms with van der Waals surface area (Å²) < 4.78 is 28.7. The van der Waals surface area contributed by atoms with Crippen molar-refractivity contribution in [1.29, 1.82) is 0 Å². The first kappa shape index (κ1) is 13.9. The maximum absolute atomic E-state index is 12.4. The van der Waals surface area contributed by atoms with Gasteiger partial charge in [0.1, 0.15) is 13.2 Å². The SMILES string of the molecule is NC(CS(=O)c1ccc2c(c1)OCCO2)C1CCOC1. The Labute approximate surface area is 120 Å². The first-order chi connectivity index (χ1) is 9.74. The minimum atomic E-state index is -1.12. The van der Waals surface area contributed by atoms with Crippen LogP contribution >= 0.6 is 0 Å². The van der Waals surface area contributed by atoms with E-state index in [4.69, 9.17) is 19.9 Å². The minimum absolute atomic E-state index is 0.0912. The number of hydrogen-bond acceptors (Lipinski definition) is 5. The van der Waals surface area contributed by atoms with Crippen LogP contribution in [0.4, 0.5) is 0 Å². The Balaban J connectivity index is 1.67. The summed E-state index contributed by atoms with van der Waals surface area (Å²) in [5.41, 5.74) is 6.13. The van der Waals surface area contributed by atoms with E-state index in [1.54, 1.807) is 6.07 Å². The first-order valence-corrected chi connectivity index (χ1v) is 8.17. The van der Waals surface area contributed by atoms with E-state index in [0.717, 1.165) is 17.9 Å². The zero-order valence-electron chi connectivity index (χ0n) is 11.2. The van der Waals surface area contributed by atoms with Crippen LogP contribution in [-0.4, -0.2) is 42.4 Å². The van der Waals surface area contributed by atoms with Crippen molar-refractivity contribution in [1.82, 2.24) is 0 Å². The molecule has 2 N–H and O–H groups in total. The average Bonchev–Trinajstić information content (AvgIpc) is 3.01. The predicted octanol–water partition coefficient (Wildman–Crippen LogP) is 0.929. The van der Waals surface area contributed by atoms with E-state index in [9.17, 15) is 4.21 Å². The largest absolute Gasteiger partial charge is 0.486 e. The van der Waals surface area contributed by atoms with E-state index < -0.39 is 10.8 Å². The van der Waals surface area contributed by atoms with Crippen LogP contribution in [0.1, 0.15) is 6.42 Å². The number of hydrogen-bond donors (Lipinski definition) is 1. The van der Waals surface area contributed by atoms with Crippen molar-refractivity contribution in [3.05, 3.63) is 18.2 Å². The van der Waals surface area contributed by atoms with Crippen molar-refractivity contribution in [2.75, 3.05) is 32.2 Å². The van der Waals surface area contributed by atoms with Crippen LogP contribution in [0.2, 0.25) is 0 Å². The highest BCUT2D eigenvalue weighted by Crippen LogP contribution is 2.32. The fraction of sp³-hybridized carbons (Fsp3) is 0.571. The molecule has 3 atom stereocenters. The van der Waals surface area contributed by atoms with Crippen LogP contribution in [-0.2, 0) is 15.5 Å². The second kappa shape index (κ2) is 6.11. The van der Waals surface area contributed by atoms with Gasteiger partial charge in [-0.15, -0.1) is 0 Å². The van der Waals surface area contributed by atoms with Gasteiger partial charge in [0.25, 0.3) is 0 Å². The van der Waals surface area contributed by atoms with Gasteiger partial charge in [0.05, 0.1) is 17.4 Å². The van der Waals surface area contributed by atoms with Crippen molar-refractivity contribution in [3.63, 3.8) is 0 Å². The molecule has 0 radical (unpaired) electrons. The van der Waals surface area contributed by atoms with Gasteiger partial charge in [-0.2, -0.15) is 0 Å². The summed E-state index contributed by atoms with van der Waals surface area (Å²) in [6.45, 7) is 2.53. The molecule has 0 aliphatic carbocycles. The van der Waals surface area contributed by atoms with E-state index in [1.807, 2.05) is 12.1 Å². The molecular weight excluding hydrogens is 278 g/mol. The molecule has 5 nitrogen and oxygen atoms in total. The molecule has 3 unspecified atom stereocenters. The van der Waals surface area contributed by atoms with E-state index in [0.29, 0.717) is 43.0 Å². The van der Waals surface area contributed by atoms with Crippen LogP contribution in [0.5, 0.6) is 11.5 Å². The topological polar surface area (TPSA) is 70.8 Å². The Kier molecular flexibility index (Phi) is 4.24. The standard InChI is InChI=1S/C14H19NO4S/c15-12(10-3-4-17-8-10)9-20(16)11-1-2-13-14(7-11)19-6-5-18-13/h1-2,7,10,12H,3-6,8-9,15H2. The molecule has 3 rings (SSSR count). The molecule has 0 saturated carbocycles. The fourth-order valence-electron chi connectivity index (χ4n) is 2.46. The van der Waals surface area contributed by atoms with E-state index >= 15 is 0 Å². The Morgan fingerprint density at radius 2 is 2.05 bits per heavy atom. The second-order valence-corrected chi connectivity index (χ2v) is 6.60. The summed E-state index contributed by atoms with van der Waals surface area (Å²) in [4.78, 5) is 0.739. The summed E-state index contributed by atoms with van der Waals surface area (Å²) in [7, 11) is -1.12. The van der Waals surface area contributed by atoms with Crippen LogP contribution in [0.3, 0.4) is 0 Å². The van der Waals surface area contributed by atoms with Gasteiger partial charge in [-0.25, -0.2) is 0 Å². The predicted molar refractivity (Wildman–Crippen MR) is 75.6 cm³/mol. The van der Waals surface area contributed by atoms with Crippen molar-refractivity contribution in [2.45, 2.75) is 17.4 Å². The van der Waals surface area contributed by atoms with E-state index in [1.165, 1.54) is 0 Å². The summed E-state index contributed by atoms with van der Waals surface area (Å²) >= 11 is 0. The number of ether oxygens (including phenoxy) is 3. The quantitative estimate of drug-likeness (QED) is 0.895. The van der Waals surface area contributed by atoms with Crippen LogP contribution in [0.15, 0.2) is 23.1 Å². The zero-order valence-corrected chi connectivity index (χ0v) is 12.1. The molecule has 1 fully saturated rings. The van der Waals surface area contributed by atoms with E-state index in [-0.39, 0.29) is 6.04 Å². The number of benzene rings is 1. The van der Waals surface area contributed by atoms with Crippen LogP contribution < -0.4 is 15.2 Å². The lowest BCUT2D eigenvalue weighted by Crippen LogP contribution is -2.35. The van der Waals surface area contributed by atoms with E-state index in [2.05, 4.69) is 0 Å². The molecule has 0 spiro atoms. The molecule has 2 heterocycles. The van der Waals surface area contributed by atoms with Crippen molar-refractivity contribution in [3.8, 4) is 11.5 Å². The summed E-state index contributed by atoms with van der Waals surface area (Å²) in [5, 5.41) is 0. The van der Waals surface area contributed by atoms with Crippen molar-refractivity contribution >= 4 is 10.8 Å². The molecule has 2 aliphatic heterocycles. The maximum Gasteiger partial charge on any atom is 0.162 e.